The minimum absolute atomic E-state index is 0.246. The van der Waals surface area contributed by atoms with E-state index in [0.29, 0.717) is 18.7 Å². The maximum absolute atomic E-state index is 11.1. The summed E-state index contributed by atoms with van der Waals surface area (Å²) in [5.74, 6) is -0.333. The number of hydrogen-bond acceptors (Lipinski definition) is 4. The molecule has 4 nitrogen and oxygen atoms in total. The molecule has 0 unspecified atom stereocenters. The standard InChI is InChI=1S/C11H21NO3/c1-3-15-11(14)10(2)9-12-7-5-4-6-8-13/h12-13H,2-9H2,1H3. The van der Waals surface area contributed by atoms with Crippen molar-refractivity contribution in [3.8, 4) is 0 Å². The number of nitrogens with one attached hydrogen (secondary N) is 1. The predicted octanol–water partition coefficient (Wildman–Crippen LogP) is 0.858. The topological polar surface area (TPSA) is 58.6 Å². The first-order valence-electron chi connectivity index (χ1n) is 5.38. The molecule has 0 rings (SSSR count). The van der Waals surface area contributed by atoms with Crippen molar-refractivity contribution in [2.45, 2.75) is 26.2 Å². The average molecular weight is 215 g/mol. The maximum Gasteiger partial charge on any atom is 0.334 e. The van der Waals surface area contributed by atoms with Gasteiger partial charge in [-0.2, -0.15) is 0 Å². The van der Waals surface area contributed by atoms with Crippen LogP contribution in [-0.4, -0.2) is 37.4 Å². The van der Waals surface area contributed by atoms with Crippen LogP contribution in [0.1, 0.15) is 26.2 Å². The first kappa shape index (κ1) is 14.1. The van der Waals surface area contributed by atoms with Crippen molar-refractivity contribution in [1.29, 1.82) is 0 Å². The Kier molecular flexibility index (Phi) is 9.11. The van der Waals surface area contributed by atoms with E-state index in [4.69, 9.17) is 9.84 Å². The SMILES string of the molecule is C=C(CNCCCCCO)C(=O)OCC. The Hall–Kier alpha value is -0.870. The Bertz CT molecular complexity index is 192. The molecule has 0 aliphatic rings. The zero-order valence-electron chi connectivity index (χ0n) is 9.42. The lowest BCUT2D eigenvalue weighted by Crippen LogP contribution is -2.22. The molecule has 0 radical (unpaired) electrons. The summed E-state index contributed by atoms with van der Waals surface area (Å²) < 4.78 is 4.79. The summed E-state index contributed by atoms with van der Waals surface area (Å²) in [5, 5.41) is 11.6. The number of aliphatic hydroxyl groups excluding tert-OH is 1. The molecular weight excluding hydrogens is 194 g/mol. The van der Waals surface area contributed by atoms with Crippen molar-refractivity contribution in [2.75, 3.05) is 26.3 Å². The molecule has 0 aliphatic heterocycles. The molecule has 0 bridgehead atoms. The first-order valence-corrected chi connectivity index (χ1v) is 5.38. The molecule has 0 atom stereocenters. The van der Waals surface area contributed by atoms with Crippen LogP contribution in [0.5, 0.6) is 0 Å². The summed E-state index contributed by atoms with van der Waals surface area (Å²) in [6.07, 6.45) is 2.83. The van der Waals surface area contributed by atoms with E-state index in [0.717, 1.165) is 25.8 Å². The quantitative estimate of drug-likeness (QED) is 0.340. The maximum atomic E-state index is 11.1. The van der Waals surface area contributed by atoms with Crippen LogP contribution in [0.3, 0.4) is 0 Å². The van der Waals surface area contributed by atoms with Crippen LogP contribution in [0.15, 0.2) is 12.2 Å². The fraction of sp³-hybridized carbons (Fsp3) is 0.727. The third-order valence-corrected chi connectivity index (χ3v) is 1.91. The van der Waals surface area contributed by atoms with Gasteiger partial charge in [0, 0.05) is 18.7 Å². The van der Waals surface area contributed by atoms with E-state index in [-0.39, 0.29) is 12.6 Å². The highest BCUT2D eigenvalue weighted by atomic mass is 16.5. The number of rotatable bonds is 9. The molecular formula is C11H21NO3. The average Bonchev–Trinajstić information content (AvgIpc) is 2.23. The summed E-state index contributed by atoms with van der Waals surface area (Å²) in [7, 11) is 0. The Morgan fingerprint density at radius 3 is 2.73 bits per heavy atom. The second-order valence-electron chi connectivity index (χ2n) is 3.29. The van der Waals surface area contributed by atoms with Gasteiger partial charge in [0.2, 0.25) is 0 Å². The van der Waals surface area contributed by atoms with Crippen LogP contribution in [0.4, 0.5) is 0 Å². The summed E-state index contributed by atoms with van der Waals surface area (Å²) in [6, 6.07) is 0. The van der Waals surface area contributed by atoms with Gasteiger partial charge in [-0.25, -0.2) is 4.79 Å². The number of ether oxygens (including phenoxy) is 1. The molecule has 88 valence electrons. The van der Waals surface area contributed by atoms with Crippen LogP contribution in [0.2, 0.25) is 0 Å². The Labute approximate surface area is 91.3 Å². The lowest BCUT2D eigenvalue weighted by Gasteiger charge is -2.06. The van der Waals surface area contributed by atoms with Gasteiger partial charge in [0.1, 0.15) is 0 Å². The van der Waals surface area contributed by atoms with Crippen LogP contribution in [0, 0.1) is 0 Å². The van der Waals surface area contributed by atoms with Gasteiger partial charge in [-0.05, 0) is 32.7 Å². The van der Waals surface area contributed by atoms with E-state index in [1.54, 1.807) is 6.92 Å². The molecule has 0 heterocycles. The summed E-state index contributed by atoms with van der Waals surface area (Å²) in [4.78, 5) is 11.1. The summed E-state index contributed by atoms with van der Waals surface area (Å²) in [5.41, 5.74) is 0.457. The van der Waals surface area contributed by atoms with Crippen molar-refractivity contribution in [2.24, 2.45) is 0 Å². The van der Waals surface area contributed by atoms with Crippen LogP contribution >= 0.6 is 0 Å². The van der Waals surface area contributed by atoms with Crippen LogP contribution in [-0.2, 0) is 9.53 Å². The molecule has 0 aromatic rings. The van der Waals surface area contributed by atoms with Crippen LogP contribution in [0.25, 0.3) is 0 Å². The number of carbonyl (C=O) groups is 1. The summed E-state index contributed by atoms with van der Waals surface area (Å²) >= 11 is 0. The van der Waals surface area contributed by atoms with Gasteiger partial charge >= 0.3 is 5.97 Å². The zero-order valence-corrected chi connectivity index (χ0v) is 9.42. The van der Waals surface area contributed by atoms with Gasteiger partial charge in [-0.1, -0.05) is 6.58 Å². The molecule has 0 aromatic carbocycles. The van der Waals surface area contributed by atoms with Gasteiger partial charge in [0.05, 0.1) is 6.61 Å². The predicted molar refractivity (Wildman–Crippen MR) is 59.6 cm³/mol. The molecule has 0 aliphatic carbocycles. The van der Waals surface area contributed by atoms with Gasteiger partial charge < -0.3 is 15.2 Å². The smallest absolute Gasteiger partial charge is 0.334 e. The molecule has 0 aromatic heterocycles. The molecule has 0 amide bonds. The monoisotopic (exact) mass is 215 g/mol. The van der Waals surface area contributed by atoms with E-state index in [2.05, 4.69) is 11.9 Å². The van der Waals surface area contributed by atoms with Crippen molar-refractivity contribution in [1.82, 2.24) is 5.32 Å². The fourth-order valence-electron chi connectivity index (χ4n) is 1.08. The number of aliphatic hydroxyl groups is 1. The van der Waals surface area contributed by atoms with E-state index in [9.17, 15) is 4.79 Å². The Morgan fingerprint density at radius 1 is 1.40 bits per heavy atom. The molecule has 15 heavy (non-hydrogen) atoms. The lowest BCUT2D eigenvalue weighted by atomic mass is 10.2. The minimum Gasteiger partial charge on any atom is -0.463 e. The second kappa shape index (κ2) is 9.68. The zero-order chi connectivity index (χ0) is 11.5. The Morgan fingerprint density at radius 2 is 2.13 bits per heavy atom. The van der Waals surface area contributed by atoms with Crippen molar-refractivity contribution >= 4 is 5.97 Å². The number of carbonyl (C=O) groups excluding carboxylic acids is 1. The van der Waals surface area contributed by atoms with Crippen molar-refractivity contribution in [3.63, 3.8) is 0 Å². The van der Waals surface area contributed by atoms with Crippen LogP contribution < -0.4 is 5.32 Å². The third-order valence-electron chi connectivity index (χ3n) is 1.91. The number of unbranched alkanes of at least 4 members (excludes halogenated alkanes) is 2. The fourth-order valence-corrected chi connectivity index (χ4v) is 1.08. The Balaban J connectivity index is 3.35. The van der Waals surface area contributed by atoms with Gasteiger partial charge in [-0.15, -0.1) is 0 Å². The van der Waals surface area contributed by atoms with Gasteiger partial charge in [-0.3, -0.25) is 0 Å². The van der Waals surface area contributed by atoms with Gasteiger partial charge in [0.25, 0.3) is 0 Å². The van der Waals surface area contributed by atoms with Crippen molar-refractivity contribution in [3.05, 3.63) is 12.2 Å². The highest BCUT2D eigenvalue weighted by Gasteiger charge is 2.05. The third kappa shape index (κ3) is 8.15. The number of esters is 1. The highest BCUT2D eigenvalue weighted by molar-refractivity contribution is 5.88. The minimum atomic E-state index is -0.333. The van der Waals surface area contributed by atoms with E-state index >= 15 is 0 Å². The second-order valence-corrected chi connectivity index (χ2v) is 3.29. The molecule has 0 saturated carbocycles. The molecule has 0 spiro atoms. The van der Waals surface area contributed by atoms with E-state index < -0.39 is 0 Å². The number of hydrogen-bond donors (Lipinski definition) is 2. The van der Waals surface area contributed by atoms with Crippen molar-refractivity contribution < 1.29 is 14.6 Å². The van der Waals surface area contributed by atoms with E-state index in [1.807, 2.05) is 0 Å². The molecule has 2 N–H and O–H groups in total. The summed E-state index contributed by atoms with van der Waals surface area (Å²) in [6.45, 7) is 7.33. The molecule has 4 heteroatoms. The normalized spacial score (nSPS) is 10.0. The molecule has 0 saturated heterocycles. The molecule has 0 fully saturated rings. The highest BCUT2D eigenvalue weighted by Crippen LogP contribution is 1.95. The first-order chi connectivity index (χ1) is 7.22. The lowest BCUT2D eigenvalue weighted by molar-refractivity contribution is -0.138. The van der Waals surface area contributed by atoms with E-state index in [1.165, 1.54) is 0 Å². The largest absolute Gasteiger partial charge is 0.463 e. The van der Waals surface area contributed by atoms with Gasteiger partial charge in [0.15, 0.2) is 0 Å².